The lowest BCUT2D eigenvalue weighted by atomic mass is 10.0. The standard InChI is InChI=1S/C14H23N3O2/c1-2-3-4-11-12(13(15)9-16-14(11)18)10-17-5-7-19-8-6-17/h9H,2-8,10,15H2,1H3,(H,16,18). The summed E-state index contributed by atoms with van der Waals surface area (Å²) in [7, 11) is 0. The highest BCUT2D eigenvalue weighted by molar-refractivity contribution is 5.48. The molecule has 0 bridgehead atoms. The van der Waals surface area contributed by atoms with Gasteiger partial charge in [0, 0.05) is 31.4 Å². The molecule has 106 valence electrons. The van der Waals surface area contributed by atoms with Gasteiger partial charge in [0.2, 0.25) is 0 Å². The highest BCUT2D eigenvalue weighted by atomic mass is 16.5. The van der Waals surface area contributed by atoms with E-state index in [0.29, 0.717) is 5.69 Å². The second-order valence-corrected chi connectivity index (χ2v) is 5.02. The van der Waals surface area contributed by atoms with Gasteiger partial charge in [0.05, 0.1) is 18.9 Å². The highest BCUT2D eigenvalue weighted by Gasteiger charge is 2.16. The third kappa shape index (κ3) is 3.58. The Morgan fingerprint density at radius 1 is 1.37 bits per heavy atom. The average Bonchev–Trinajstić information content (AvgIpc) is 2.43. The van der Waals surface area contributed by atoms with E-state index in [1.165, 1.54) is 0 Å². The summed E-state index contributed by atoms with van der Waals surface area (Å²) in [5.41, 5.74) is 8.60. The van der Waals surface area contributed by atoms with Gasteiger partial charge in [0.1, 0.15) is 0 Å². The summed E-state index contributed by atoms with van der Waals surface area (Å²) in [5, 5.41) is 0. The van der Waals surface area contributed by atoms with Crippen molar-refractivity contribution in [2.75, 3.05) is 32.0 Å². The monoisotopic (exact) mass is 265 g/mol. The van der Waals surface area contributed by atoms with Crippen molar-refractivity contribution in [1.29, 1.82) is 0 Å². The number of pyridine rings is 1. The molecule has 0 saturated carbocycles. The third-order valence-electron chi connectivity index (χ3n) is 3.61. The van der Waals surface area contributed by atoms with E-state index >= 15 is 0 Å². The molecule has 1 aliphatic heterocycles. The zero-order valence-corrected chi connectivity index (χ0v) is 11.6. The van der Waals surface area contributed by atoms with Crippen molar-refractivity contribution in [2.24, 2.45) is 0 Å². The van der Waals surface area contributed by atoms with E-state index in [-0.39, 0.29) is 5.56 Å². The first kappa shape index (κ1) is 14.1. The van der Waals surface area contributed by atoms with Gasteiger partial charge >= 0.3 is 0 Å². The zero-order valence-electron chi connectivity index (χ0n) is 11.6. The lowest BCUT2D eigenvalue weighted by molar-refractivity contribution is 0.0341. The summed E-state index contributed by atoms with van der Waals surface area (Å²) >= 11 is 0. The fraction of sp³-hybridized carbons (Fsp3) is 0.643. The topological polar surface area (TPSA) is 71.3 Å². The summed E-state index contributed by atoms with van der Waals surface area (Å²) in [4.78, 5) is 17.0. The number of aromatic nitrogens is 1. The van der Waals surface area contributed by atoms with Gasteiger partial charge in [0.15, 0.2) is 0 Å². The van der Waals surface area contributed by atoms with Crippen LogP contribution < -0.4 is 11.3 Å². The fourth-order valence-corrected chi connectivity index (χ4v) is 2.42. The van der Waals surface area contributed by atoms with Gasteiger partial charge in [-0.3, -0.25) is 9.69 Å². The summed E-state index contributed by atoms with van der Waals surface area (Å²) in [6.07, 6.45) is 4.51. The Morgan fingerprint density at radius 3 is 2.79 bits per heavy atom. The van der Waals surface area contributed by atoms with E-state index in [1.54, 1.807) is 6.20 Å². The number of nitrogens with one attached hydrogen (secondary N) is 1. The first-order valence-electron chi connectivity index (χ1n) is 7.01. The number of hydrogen-bond donors (Lipinski definition) is 2. The number of nitrogens with zero attached hydrogens (tertiary/aromatic N) is 1. The van der Waals surface area contributed by atoms with Crippen LogP contribution in [-0.2, 0) is 17.7 Å². The molecule has 0 unspecified atom stereocenters. The number of unbranched alkanes of at least 4 members (excludes halogenated alkanes) is 1. The van der Waals surface area contributed by atoms with Crippen LogP contribution in [0.4, 0.5) is 5.69 Å². The summed E-state index contributed by atoms with van der Waals surface area (Å²) in [5.74, 6) is 0. The van der Waals surface area contributed by atoms with Gasteiger partial charge in [0.25, 0.3) is 5.56 Å². The average molecular weight is 265 g/mol. The first-order chi connectivity index (χ1) is 9.22. The Balaban J connectivity index is 2.20. The van der Waals surface area contributed by atoms with Crippen LogP contribution in [0.1, 0.15) is 30.9 Å². The molecular weight excluding hydrogens is 242 g/mol. The molecule has 2 rings (SSSR count). The van der Waals surface area contributed by atoms with Crippen molar-refractivity contribution in [3.05, 3.63) is 27.7 Å². The molecule has 0 radical (unpaired) electrons. The molecule has 2 heterocycles. The SMILES string of the molecule is CCCCc1c(CN2CCOCC2)c(N)c[nH]c1=O. The van der Waals surface area contributed by atoms with Crippen LogP contribution >= 0.6 is 0 Å². The summed E-state index contributed by atoms with van der Waals surface area (Å²) < 4.78 is 5.35. The van der Waals surface area contributed by atoms with Crippen molar-refractivity contribution in [3.8, 4) is 0 Å². The van der Waals surface area contributed by atoms with Gasteiger partial charge in [-0.1, -0.05) is 13.3 Å². The van der Waals surface area contributed by atoms with Crippen LogP contribution in [0.15, 0.2) is 11.0 Å². The zero-order chi connectivity index (χ0) is 13.7. The lowest BCUT2D eigenvalue weighted by Crippen LogP contribution is -2.36. The van der Waals surface area contributed by atoms with Crippen LogP contribution in [-0.4, -0.2) is 36.2 Å². The Kier molecular flexibility index (Phi) is 4.99. The Hall–Kier alpha value is -1.33. The molecule has 1 fully saturated rings. The first-order valence-corrected chi connectivity index (χ1v) is 7.01. The van der Waals surface area contributed by atoms with Crippen molar-refractivity contribution >= 4 is 5.69 Å². The van der Waals surface area contributed by atoms with Gasteiger partial charge in [-0.15, -0.1) is 0 Å². The second-order valence-electron chi connectivity index (χ2n) is 5.02. The normalized spacial score (nSPS) is 16.7. The molecule has 0 spiro atoms. The maximum absolute atomic E-state index is 12.0. The summed E-state index contributed by atoms with van der Waals surface area (Å²) in [6, 6.07) is 0. The number of morpholine rings is 1. The number of rotatable bonds is 5. The molecule has 1 saturated heterocycles. The molecule has 19 heavy (non-hydrogen) atoms. The van der Waals surface area contributed by atoms with Gasteiger partial charge in [-0.2, -0.15) is 0 Å². The van der Waals surface area contributed by atoms with E-state index in [1.807, 2.05) is 0 Å². The second kappa shape index (κ2) is 6.73. The number of nitrogen functional groups attached to an aromatic ring is 1. The molecule has 1 aromatic heterocycles. The van der Waals surface area contributed by atoms with Crippen molar-refractivity contribution in [3.63, 3.8) is 0 Å². The predicted octanol–water partition coefficient (Wildman–Crippen LogP) is 1.13. The van der Waals surface area contributed by atoms with Crippen LogP contribution in [0.3, 0.4) is 0 Å². The minimum Gasteiger partial charge on any atom is -0.397 e. The fourth-order valence-electron chi connectivity index (χ4n) is 2.42. The quantitative estimate of drug-likeness (QED) is 0.837. The minimum absolute atomic E-state index is 0.00547. The van der Waals surface area contributed by atoms with Gasteiger partial charge < -0.3 is 15.5 Å². The minimum atomic E-state index is 0.00547. The number of anilines is 1. The molecule has 0 atom stereocenters. The number of H-pyrrole nitrogens is 1. The highest BCUT2D eigenvalue weighted by Crippen LogP contribution is 2.18. The number of aromatic amines is 1. The van der Waals surface area contributed by atoms with E-state index in [0.717, 1.165) is 63.2 Å². The molecule has 0 aromatic carbocycles. The number of hydrogen-bond acceptors (Lipinski definition) is 4. The predicted molar refractivity (Wildman–Crippen MR) is 76.2 cm³/mol. The van der Waals surface area contributed by atoms with E-state index in [4.69, 9.17) is 10.5 Å². The number of nitrogens with two attached hydrogens (primary N) is 1. The Bertz CT molecular complexity index is 464. The van der Waals surface area contributed by atoms with E-state index < -0.39 is 0 Å². The van der Waals surface area contributed by atoms with Gasteiger partial charge in [-0.25, -0.2) is 0 Å². The van der Waals surface area contributed by atoms with Crippen molar-refractivity contribution < 1.29 is 4.74 Å². The van der Waals surface area contributed by atoms with E-state index in [2.05, 4.69) is 16.8 Å². The maximum atomic E-state index is 12.0. The molecular formula is C14H23N3O2. The Morgan fingerprint density at radius 2 is 2.11 bits per heavy atom. The van der Waals surface area contributed by atoms with Crippen molar-refractivity contribution in [1.82, 2.24) is 9.88 Å². The molecule has 0 amide bonds. The molecule has 5 heteroatoms. The van der Waals surface area contributed by atoms with Crippen LogP contribution in [0, 0.1) is 0 Å². The maximum Gasteiger partial charge on any atom is 0.251 e. The van der Waals surface area contributed by atoms with Crippen LogP contribution in [0.5, 0.6) is 0 Å². The Labute approximate surface area is 113 Å². The lowest BCUT2D eigenvalue weighted by Gasteiger charge is -2.27. The molecule has 1 aromatic rings. The molecule has 1 aliphatic rings. The third-order valence-corrected chi connectivity index (χ3v) is 3.61. The number of ether oxygens (including phenoxy) is 1. The van der Waals surface area contributed by atoms with E-state index in [9.17, 15) is 4.79 Å². The van der Waals surface area contributed by atoms with Crippen molar-refractivity contribution in [2.45, 2.75) is 32.7 Å². The molecule has 0 aliphatic carbocycles. The summed E-state index contributed by atoms with van der Waals surface area (Å²) in [6.45, 7) is 6.19. The largest absolute Gasteiger partial charge is 0.397 e. The molecule has 3 N–H and O–H groups in total. The molecule has 5 nitrogen and oxygen atoms in total. The van der Waals surface area contributed by atoms with Gasteiger partial charge in [-0.05, 0) is 18.4 Å². The van der Waals surface area contributed by atoms with Crippen LogP contribution in [0.25, 0.3) is 0 Å². The smallest absolute Gasteiger partial charge is 0.251 e. The van der Waals surface area contributed by atoms with Crippen LogP contribution in [0.2, 0.25) is 0 Å².